The van der Waals surface area contributed by atoms with Gasteiger partial charge in [0, 0.05) is 25.1 Å². The van der Waals surface area contributed by atoms with Crippen LogP contribution in [0.3, 0.4) is 0 Å². The second kappa shape index (κ2) is 6.39. The highest BCUT2D eigenvalue weighted by Crippen LogP contribution is 2.18. The molecule has 1 aromatic rings. The maximum absolute atomic E-state index is 13.7. The Labute approximate surface area is 118 Å². The number of halogens is 1. The summed E-state index contributed by atoms with van der Waals surface area (Å²) in [6.07, 6.45) is 2.07. The molecule has 1 aliphatic heterocycles. The maximum atomic E-state index is 13.7. The van der Waals surface area contributed by atoms with Crippen LogP contribution < -0.4 is 0 Å². The summed E-state index contributed by atoms with van der Waals surface area (Å²) < 4.78 is 19.0. The fraction of sp³-hybridized carbons (Fsp3) is 0.500. The number of ether oxygens (including phenoxy) is 1. The minimum Gasteiger partial charge on any atom is -0.381 e. The molecule has 3 nitrogen and oxygen atoms in total. The van der Waals surface area contributed by atoms with Gasteiger partial charge in [0.1, 0.15) is 5.82 Å². The van der Waals surface area contributed by atoms with Gasteiger partial charge in [0.05, 0.1) is 12.2 Å². The maximum Gasteiger partial charge on any atom is 0.256 e. The smallest absolute Gasteiger partial charge is 0.256 e. The topological polar surface area (TPSA) is 29.5 Å². The van der Waals surface area contributed by atoms with Crippen LogP contribution in [0.1, 0.15) is 23.2 Å². The molecule has 1 aliphatic rings. The van der Waals surface area contributed by atoms with Gasteiger partial charge in [-0.15, -0.1) is 12.6 Å². The number of carbonyl (C=O) groups excluding carboxylic acids is 1. The van der Waals surface area contributed by atoms with E-state index in [1.54, 1.807) is 11.9 Å². The molecule has 1 heterocycles. The highest BCUT2D eigenvalue weighted by molar-refractivity contribution is 7.80. The Kier molecular flexibility index (Phi) is 4.82. The van der Waals surface area contributed by atoms with Gasteiger partial charge in [-0.1, -0.05) is 0 Å². The van der Waals surface area contributed by atoms with E-state index in [1.165, 1.54) is 18.2 Å². The number of nitrogens with zero attached hydrogens (tertiary/aromatic N) is 1. The number of benzene rings is 1. The van der Waals surface area contributed by atoms with Gasteiger partial charge >= 0.3 is 0 Å². The van der Waals surface area contributed by atoms with Crippen LogP contribution in [0, 0.1) is 11.7 Å². The van der Waals surface area contributed by atoms with Gasteiger partial charge < -0.3 is 9.64 Å². The predicted molar refractivity (Wildman–Crippen MR) is 74.2 cm³/mol. The first-order valence-corrected chi connectivity index (χ1v) is 6.84. The Morgan fingerprint density at radius 3 is 3.05 bits per heavy atom. The molecule has 0 aromatic heterocycles. The third-order valence-corrected chi connectivity index (χ3v) is 3.59. The first-order valence-electron chi connectivity index (χ1n) is 6.39. The van der Waals surface area contributed by atoms with Crippen molar-refractivity contribution < 1.29 is 13.9 Å². The fourth-order valence-electron chi connectivity index (χ4n) is 2.30. The number of thiol groups is 1. The lowest BCUT2D eigenvalue weighted by atomic mass is 10.0. The van der Waals surface area contributed by atoms with E-state index < -0.39 is 5.82 Å². The number of rotatable bonds is 3. The van der Waals surface area contributed by atoms with E-state index in [-0.39, 0.29) is 11.5 Å². The van der Waals surface area contributed by atoms with Gasteiger partial charge in [0.15, 0.2) is 0 Å². The third kappa shape index (κ3) is 3.70. The zero-order valence-corrected chi connectivity index (χ0v) is 11.8. The molecule has 104 valence electrons. The molecule has 2 rings (SSSR count). The van der Waals surface area contributed by atoms with E-state index in [4.69, 9.17) is 4.74 Å². The summed E-state index contributed by atoms with van der Waals surface area (Å²) in [7, 11) is 1.70. The van der Waals surface area contributed by atoms with Gasteiger partial charge in [0.2, 0.25) is 0 Å². The van der Waals surface area contributed by atoms with Crippen molar-refractivity contribution in [2.45, 2.75) is 17.7 Å². The molecular weight excluding hydrogens is 265 g/mol. The molecule has 5 heteroatoms. The summed E-state index contributed by atoms with van der Waals surface area (Å²) >= 11 is 4.14. The second-order valence-electron chi connectivity index (χ2n) is 4.93. The molecule has 1 fully saturated rings. The Bertz CT molecular complexity index is 461. The van der Waals surface area contributed by atoms with E-state index in [9.17, 15) is 9.18 Å². The normalized spacial score (nSPS) is 19.2. The third-order valence-electron chi connectivity index (χ3n) is 3.31. The second-order valence-corrected chi connectivity index (χ2v) is 5.45. The summed E-state index contributed by atoms with van der Waals surface area (Å²) in [5.41, 5.74) is 0.0757. The van der Waals surface area contributed by atoms with E-state index in [0.29, 0.717) is 24.0 Å². The monoisotopic (exact) mass is 283 g/mol. The van der Waals surface area contributed by atoms with Crippen molar-refractivity contribution in [1.82, 2.24) is 4.90 Å². The average molecular weight is 283 g/mol. The van der Waals surface area contributed by atoms with E-state index in [1.807, 2.05) is 0 Å². The molecule has 19 heavy (non-hydrogen) atoms. The molecule has 0 N–H and O–H groups in total. The van der Waals surface area contributed by atoms with Crippen LogP contribution in [0.25, 0.3) is 0 Å². The van der Waals surface area contributed by atoms with Crippen LogP contribution >= 0.6 is 12.6 Å². The SMILES string of the molecule is CN(CC1CCCOC1)C(=O)c1cc(S)ccc1F. The summed E-state index contributed by atoms with van der Waals surface area (Å²) in [4.78, 5) is 14.3. The van der Waals surface area contributed by atoms with Crippen LogP contribution in [0.15, 0.2) is 23.1 Å². The molecule has 1 atom stereocenters. The number of hydrogen-bond acceptors (Lipinski definition) is 3. The zero-order valence-electron chi connectivity index (χ0n) is 10.9. The van der Waals surface area contributed by atoms with Crippen LogP contribution in [0.2, 0.25) is 0 Å². The molecular formula is C14H18FNO2S. The molecule has 1 unspecified atom stereocenters. The first kappa shape index (κ1) is 14.3. The van der Waals surface area contributed by atoms with Gasteiger partial charge in [-0.2, -0.15) is 0 Å². The van der Waals surface area contributed by atoms with E-state index in [0.717, 1.165) is 19.4 Å². The molecule has 0 radical (unpaired) electrons. The number of amides is 1. The van der Waals surface area contributed by atoms with Gasteiger partial charge in [-0.05, 0) is 37.0 Å². The molecule has 1 saturated heterocycles. The van der Waals surface area contributed by atoms with E-state index >= 15 is 0 Å². The van der Waals surface area contributed by atoms with Gasteiger partial charge in [-0.25, -0.2) is 4.39 Å². The first-order chi connectivity index (χ1) is 9.08. The average Bonchev–Trinajstić information content (AvgIpc) is 2.42. The van der Waals surface area contributed by atoms with Crippen molar-refractivity contribution in [3.05, 3.63) is 29.6 Å². The van der Waals surface area contributed by atoms with E-state index in [2.05, 4.69) is 12.6 Å². The van der Waals surface area contributed by atoms with Crippen LogP contribution in [0.5, 0.6) is 0 Å². The minimum atomic E-state index is -0.505. The molecule has 0 bridgehead atoms. The lowest BCUT2D eigenvalue weighted by molar-refractivity contribution is 0.0387. The Morgan fingerprint density at radius 2 is 2.37 bits per heavy atom. The van der Waals surface area contributed by atoms with Crippen LogP contribution in [0.4, 0.5) is 4.39 Å². The lowest BCUT2D eigenvalue weighted by Gasteiger charge is -2.27. The van der Waals surface area contributed by atoms with Crippen molar-refractivity contribution in [1.29, 1.82) is 0 Å². The largest absolute Gasteiger partial charge is 0.381 e. The van der Waals surface area contributed by atoms with Crippen LogP contribution in [-0.4, -0.2) is 37.6 Å². The Balaban J connectivity index is 2.03. The summed E-state index contributed by atoms with van der Waals surface area (Å²) in [6.45, 7) is 2.06. The highest BCUT2D eigenvalue weighted by Gasteiger charge is 2.21. The van der Waals surface area contributed by atoms with Crippen LogP contribution in [-0.2, 0) is 4.74 Å². The van der Waals surface area contributed by atoms with Crippen molar-refractivity contribution in [3.8, 4) is 0 Å². The lowest BCUT2D eigenvalue weighted by Crippen LogP contribution is -2.35. The summed E-state index contributed by atoms with van der Waals surface area (Å²) in [5, 5.41) is 0. The highest BCUT2D eigenvalue weighted by atomic mass is 32.1. The van der Waals surface area contributed by atoms with Crippen molar-refractivity contribution in [3.63, 3.8) is 0 Å². The molecule has 0 aliphatic carbocycles. The number of hydrogen-bond donors (Lipinski definition) is 1. The van der Waals surface area contributed by atoms with Gasteiger partial charge in [0.25, 0.3) is 5.91 Å². The summed E-state index contributed by atoms with van der Waals surface area (Å²) in [6, 6.07) is 4.27. The summed E-state index contributed by atoms with van der Waals surface area (Å²) in [5.74, 6) is -0.474. The zero-order chi connectivity index (χ0) is 13.8. The fourth-order valence-corrected chi connectivity index (χ4v) is 2.51. The minimum absolute atomic E-state index is 0.0757. The quantitative estimate of drug-likeness (QED) is 0.864. The molecule has 0 spiro atoms. The Hall–Kier alpha value is -1.07. The number of carbonyl (C=O) groups is 1. The van der Waals surface area contributed by atoms with Gasteiger partial charge in [-0.3, -0.25) is 4.79 Å². The van der Waals surface area contributed by atoms with Crippen molar-refractivity contribution in [2.75, 3.05) is 26.8 Å². The molecule has 0 saturated carbocycles. The Morgan fingerprint density at radius 1 is 1.58 bits per heavy atom. The predicted octanol–water partition coefficient (Wildman–Crippen LogP) is 2.61. The standard InChI is InChI=1S/C14H18FNO2S/c1-16(8-10-3-2-6-18-9-10)14(17)12-7-11(19)4-5-13(12)15/h4-5,7,10,19H,2-3,6,8-9H2,1H3. The molecule has 1 amide bonds. The molecule has 1 aromatic carbocycles. The van der Waals surface area contributed by atoms with Crippen molar-refractivity contribution in [2.24, 2.45) is 5.92 Å². The van der Waals surface area contributed by atoms with Crippen molar-refractivity contribution >= 4 is 18.5 Å².